The summed E-state index contributed by atoms with van der Waals surface area (Å²) in [6.07, 6.45) is 0. The van der Waals surface area contributed by atoms with E-state index in [-0.39, 0.29) is 28.5 Å². The van der Waals surface area contributed by atoms with Crippen molar-refractivity contribution < 1.29 is 33.3 Å². The van der Waals surface area contributed by atoms with Gasteiger partial charge in [-0.3, -0.25) is 9.59 Å². The van der Waals surface area contributed by atoms with Gasteiger partial charge in [-0.15, -0.1) is 0 Å². The number of benzene rings is 2. The number of para-hydroxylation sites is 1. The van der Waals surface area contributed by atoms with Crippen molar-refractivity contribution in [2.75, 3.05) is 21.3 Å². The molecule has 0 aliphatic carbocycles. The topological polar surface area (TPSA) is 98.4 Å². The van der Waals surface area contributed by atoms with Gasteiger partial charge < -0.3 is 28.6 Å². The van der Waals surface area contributed by atoms with E-state index in [4.69, 9.17) is 30.2 Å². The van der Waals surface area contributed by atoms with E-state index in [0.717, 1.165) is 0 Å². The van der Waals surface area contributed by atoms with Crippen LogP contribution in [0.25, 0.3) is 5.76 Å². The molecule has 2 heterocycles. The zero-order valence-electron chi connectivity index (χ0n) is 19.6. The lowest BCUT2D eigenvalue weighted by Gasteiger charge is -2.24. The minimum atomic E-state index is -0.987. The Bertz CT molecular complexity index is 1330. The van der Waals surface area contributed by atoms with Gasteiger partial charge in [0.05, 0.1) is 44.0 Å². The lowest BCUT2D eigenvalue weighted by molar-refractivity contribution is -0.140. The Morgan fingerprint density at radius 3 is 2.31 bits per heavy atom. The molecule has 1 fully saturated rings. The summed E-state index contributed by atoms with van der Waals surface area (Å²) in [6, 6.07) is 12.5. The molecule has 0 bridgehead atoms. The fourth-order valence-electron chi connectivity index (χ4n) is 4.15. The summed E-state index contributed by atoms with van der Waals surface area (Å²) < 4.78 is 21.9. The van der Waals surface area contributed by atoms with Crippen LogP contribution in [0.2, 0.25) is 5.02 Å². The van der Waals surface area contributed by atoms with E-state index in [9.17, 15) is 14.7 Å². The molecular weight excluding hydrogens is 474 g/mol. The number of rotatable bonds is 7. The number of carbonyl (C=O) groups is 2. The summed E-state index contributed by atoms with van der Waals surface area (Å²) in [6.45, 7) is 1.80. The Labute approximate surface area is 207 Å². The summed E-state index contributed by atoms with van der Waals surface area (Å²) in [4.78, 5) is 27.9. The molecule has 4 rings (SSSR count). The standard InChI is InChI=1S/C26H24ClNO7/c1-14-9-10-19(35-14)23-22(24(29)16-11-17(27)21(34-4)12-20(16)33-3)25(30)26(31)28(23)13-15-7-5-6-8-18(15)32-2/h5-12,23,29H,13H2,1-4H3/b24-22+. The molecule has 2 aromatic carbocycles. The van der Waals surface area contributed by atoms with Crippen LogP contribution in [-0.4, -0.2) is 43.0 Å². The van der Waals surface area contributed by atoms with Crippen molar-refractivity contribution in [1.82, 2.24) is 4.90 Å². The smallest absolute Gasteiger partial charge is 0.296 e. The van der Waals surface area contributed by atoms with Crippen LogP contribution in [0.1, 0.15) is 28.7 Å². The number of likely N-dealkylation sites (tertiary alicyclic amines) is 1. The molecule has 1 atom stereocenters. The molecule has 35 heavy (non-hydrogen) atoms. The van der Waals surface area contributed by atoms with Crippen LogP contribution in [0.4, 0.5) is 0 Å². The lowest BCUT2D eigenvalue weighted by atomic mass is 9.98. The quantitative estimate of drug-likeness (QED) is 0.282. The summed E-state index contributed by atoms with van der Waals surface area (Å²) in [5.74, 6) is -0.0483. The minimum Gasteiger partial charge on any atom is -0.507 e. The molecular formula is C26H24ClNO7. The van der Waals surface area contributed by atoms with E-state index < -0.39 is 23.5 Å². The number of aryl methyl sites for hydroxylation is 1. The van der Waals surface area contributed by atoms with Gasteiger partial charge in [-0.25, -0.2) is 0 Å². The number of methoxy groups -OCH3 is 3. The molecule has 1 saturated heterocycles. The maximum absolute atomic E-state index is 13.3. The van der Waals surface area contributed by atoms with Crippen LogP contribution in [0, 0.1) is 6.92 Å². The van der Waals surface area contributed by atoms with Gasteiger partial charge in [0.15, 0.2) is 0 Å². The number of hydrogen-bond donors (Lipinski definition) is 1. The number of nitrogens with zero attached hydrogens (tertiary/aromatic N) is 1. The molecule has 0 saturated carbocycles. The number of hydrogen-bond acceptors (Lipinski definition) is 7. The van der Waals surface area contributed by atoms with Gasteiger partial charge in [-0.1, -0.05) is 29.8 Å². The van der Waals surface area contributed by atoms with E-state index in [0.29, 0.717) is 28.6 Å². The Morgan fingerprint density at radius 2 is 1.69 bits per heavy atom. The van der Waals surface area contributed by atoms with Crippen LogP contribution in [0.5, 0.6) is 17.2 Å². The molecule has 182 valence electrons. The zero-order chi connectivity index (χ0) is 25.3. The summed E-state index contributed by atoms with van der Waals surface area (Å²) in [7, 11) is 4.38. The average Bonchev–Trinajstić information content (AvgIpc) is 3.39. The van der Waals surface area contributed by atoms with Gasteiger partial charge in [0.1, 0.15) is 40.6 Å². The third-order valence-electron chi connectivity index (χ3n) is 5.83. The van der Waals surface area contributed by atoms with Crippen LogP contribution in [0.3, 0.4) is 0 Å². The number of furan rings is 1. The van der Waals surface area contributed by atoms with Crippen molar-refractivity contribution in [3.8, 4) is 17.2 Å². The minimum absolute atomic E-state index is 0.0519. The molecule has 1 aliphatic heterocycles. The highest BCUT2D eigenvalue weighted by Crippen LogP contribution is 2.44. The van der Waals surface area contributed by atoms with Gasteiger partial charge in [-0.05, 0) is 31.2 Å². The molecule has 0 radical (unpaired) electrons. The largest absolute Gasteiger partial charge is 0.507 e. The first-order valence-corrected chi connectivity index (χ1v) is 11.1. The first kappa shape index (κ1) is 24.2. The third-order valence-corrected chi connectivity index (χ3v) is 6.13. The average molecular weight is 498 g/mol. The van der Waals surface area contributed by atoms with Crippen molar-refractivity contribution in [2.24, 2.45) is 0 Å². The fraction of sp³-hybridized carbons (Fsp3) is 0.231. The second-order valence-electron chi connectivity index (χ2n) is 7.87. The van der Waals surface area contributed by atoms with Crippen molar-refractivity contribution in [3.63, 3.8) is 0 Å². The van der Waals surface area contributed by atoms with E-state index in [2.05, 4.69) is 0 Å². The Hall–Kier alpha value is -3.91. The van der Waals surface area contributed by atoms with Crippen LogP contribution >= 0.6 is 11.6 Å². The van der Waals surface area contributed by atoms with Crippen molar-refractivity contribution in [2.45, 2.75) is 19.5 Å². The molecule has 1 aliphatic rings. The van der Waals surface area contributed by atoms with Crippen molar-refractivity contribution in [3.05, 3.63) is 81.8 Å². The predicted octanol–water partition coefficient (Wildman–Crippen LogP) is 4.89. The van der Waals surface area contributed by atoms with Crippen LogP contribution in [0.15, 0.2) is 58.5 Å². The van der Waals surface area contributed by atoms with E-state index in [1.54, 1.807) is 31.2 Å². The maximum Gasteiger partial charge on any atom is 0.296 e. The molecule has 9 heteroatoms. The van der Waals surface area contributed by atoms with E-state index in [1.165, 1.54) is 38.4 Å². The molecule has 1 unspecified atom stereocenters. The summed E-state index contributed by atoms with van der Waals surface area (Å²) >= 11 is 6.29. The highest BCUT2D eigenvalue weighted by molar-refractivity contribution is 6.46. The fourth-order valence-corrected chi connectivity index (χ4v) is 4.39. The summed E-state index contributed by atoms with van der Waals surface area (Å²) in [5.41, 5.74) is 0.691. The van der Waals surface area contributed by atoms with Crippen molar-refractivity contribution in [1.29, 1.82) is 0 Å². The Kier molecular flexibility index (Phi) is 6.75. The van der Waals surface area contributed by atoms with Gasteiger partial charge in [-0.2, -0.15) is 0 Å². The highest BCUT2D eigenvalue weighted by Gasteiger charge is 2.48. The number of Topliss-reactive ketones (excluding diaryl/α,β-unsaturated/α-hetero) is 1. The van der Waals surface area contributed by atoms with Crippen molar-refractivity contribution >= 4 is 29.1 Å². The molecule has 3 aromatic rings. The molecule has 8 nitrogen and oxygen atoms in total. The summed E-state index contributed by atoms with van der Waals surface area (Å²) in [5, 5.41) is 11.6. The Morgan fingerprint density at radius 1 is 1.00 bits per heavy atom. The Balaban J connectivity index is 1.91. The third kappa shape index (κ3) is 4.33. The second-order valence-corrected chi connectivity index (χ2v) is 8.28. The molecule has 1 amide bonds. The number of ketones is 1. The maximum atomic E-state index is 13.3. The van der Waals surface area contributed by atoms with E-state index >= 15 is 0 Å². The molecule has 0 spiro atoms. The lowest BCUT2D eigenvalue weighted by Crippen LogP contribution is -2.29. The first-order valence-electron chi connectivity index (χ1n) is 10.7. The number of aliphatic hydroxyl groups is 1. The number of aliphatic hydroxyl groups excluding tert-OH is 1. The SMILES string of the molecule is COc1cc(OC)c(/C(O)=C2\C(=O)C(=O)N(Cc3ccccc3OC)C2c2ccc(C)o2)cc1Cl. The van der Waals surface area contributed by atoms with E-state index in [1.807, 2.05) is 12.1 Å². The molecule has 1 aromatic heterocycles. The van der Waals surface area contributed by atoms with Crippen LogP contribution in [-0.2, 0) is 16.1 Å². The zero-order valence-corrected chi connectivity index (χ0v) is 20.4. The number of amides is 1. The monoisotopic (exact) mass is 497 g/mol. The number of ether oxygens (including phenoxy) is 3. The first-order chi connectivity index (χ1) is 16.8. The highest BCUT2D eigenvalue weighted by atomic mass is 35.5. The van der Waals surface area contributed by atoms with Gasteiger partial charge in [0, 0.05) is 11.6 Å². The number of halogens is 1. The van der Waals surface area contributed by atoms with Gasteiger partial charge >= 0.3 is 0 Å². The van der Waals surface area contributed by atoms with Crippen LogP contribution < -0.4 is 14.2 Å². The predicted molar refractivity (Wildman–Crippen MR) is 129 cm³/mol. The molecule has 1 N–H and O–H groups in total. The van der Waals surface area contributed by atoms with Gasteiger partial charge in [0.25, 0.3) is 11.7 Å². The second kappa shape index (κ2) is 9.76. The van der Waals surface area contributed by atoms with Gasteiger partial charge in [0.2, 0.25) is 0 Å². The normalized spacial score (nSPS) is 17.1. The number of carbonyl (C=O) groups excluding carboxylic acids is 2.